The summed E-state index contributed by atoms with van der Waals surface area (Å²) in [5.74, 6) is -0.322. The first-order chi connectivity index (χ1) is 16.0. The number of imidazole rings is 1. The average molecular weight is 462 g/mol. The summed E-state index contributed by atoms with van der Waals surface area (Å²) < 4.78 is 28.9. The summed E-state index contributed by atoms with van der Waals surface area (Å²) in [5.41, 5.74) is 3.60. The molecule has 1 amide bonds. The normalized spacial score (nSPS) is 15.5. The van der Waals surface area contributed by atoms with E-state index in [0.717, 1.165) is 16.7 Å². The number of benzene rings is 2. The smallest absolute Gasteiger partial charge is 0.244 e. The molecule has 0 unspecified atom stereocenters. The Kier molecular flexibility index (Phi) is 5.65. The Balaban J connectivity index is 1.21. The van der Waals surface area contributed by atoms with Crippen molar-refractivity contribution in [2.24, 2.45) is 5.92 Å². The summed E-state index contributed by atoms with van der Waals surface area (Å²) in [4.78, 5) is 21.3. The molecule has 1 saturated heterocycles. The summed E-state index contributed by atoms with van der Waals surface area (Å²) in [5, 5.41) is 2.96. The van der Waals surface area contributed by atoms with Crippen LogP contribution in [-0.4, -0.2) is 46.3 Å². The van der Waals surface area contributed by atoms with E-state index in [1.165, 1.54) is 16.6 Å². The fourth-order valence-corrected chi connectivity index (χ4v) is 5.56. The van der Waals surface area contributed by atoms with Crippen LogP contribution in [0.2, 0.25) is 0 Å². The third-order valence-electron chi connectivity index (χ3n) is 5.96. The molecule has 0 aliphatic carbocycles. The van der Waals surface area contributed by atoms with Gasteiger partial charge in [-0.1, -0.05) is 12.1 Å². The molecule has 4 aromatic rings. The number of sulfonamides is 1. The minimum Gasteiger partial charge on any atom is -0.326 e. The van der Waals surface area contributed by atoms with Gasteiger partial charge in [-0.3, -0.25) is 14.3 Å². The maximum absolute atomic E-state index is 12.8. The summed E-state index contributed by atoms with van der Waals surface area (Å²) in [6, 6.07) is 18.7. The first-order valence-corrected chi connectivity index (χ1v) is 12.2. The fraction of sp³-hybridized carbons (Fsp3) is 0.208. The van der Waals surface area contributed by atoms with Crippen molar-refractivity contribution >= 4 is 32.7 Å². The Morgan fingerprint density at radius 2 is 1.73 bits per heavy atom. The van der Waals surface area contributed by atoms with E-state index in [4.69, 9.17) is 0 Å². The Bertz CT molecular complexity index is 1380. The molecule has 168 valence electrons. The lowest BCUT2D eigenvalue weighted by atomic mass is 9.97. The second kappa shape index (κ2) is 8.76. The quantitative estimate of drug-likeness (QED) is 0.491. The van der Waals surface area contributed by atoms with Crippen molar-refractivity contribution in [1.82, 2.24) is 18.8 Å². The SMILES string of the molecule is O=C(Nc1ccc(-n2cnc3ccccc32)cc1)C1CCN(S(=O)(=O)c2cccnc2)CC1. The molecule has 0 saturated carbocycles. The molecule has 3 heterocycles. The monoisotopic (exact) mass is 461 g/mol. The molecule has 0 atom stereocenters. The lowest BCUT2D eigenvalue weighted by Gasteiger charge is -2.30. The Labute approximate surface area is 192 Å². The number of aromatic nitrogens is 3. The Morgan fingerprint density at radius 1 is 0.970 bits per heavy atom. The predicted octanol–water partition coefficient (Wildman–Crippen LogP) is 3.46. The van der Waals surface area contributed by atoms with E-state index in [0.29, 0.717) is 31.6 Å². The van der Waals surface area contributed by atoms with Crippen molar-refractivity contribution in [1.29, 1.82) is 0 Å². The first-order valence-electron chi connectivity index (χ1n) is 10.8. The van der Waals surface area contributed by atoms with Crippen molar-refractivity contribution in [3.05, 3.63) is 79.4 Å². The molecule has 1 aliphatic rings. The van der Waals surface area contributed by atoms with E-state index in [1.807, 2.05) is 53.1 Å². The van der Waals surface area contributed by atoms with Crippen molar-refractivity contribution in [3.8, 4) is 5.69 Å². The van der Waals surface area contributed by atoms with Crippen LogP contribution in [0.4, 0.5) is 5.69 Å². The van der Waals surface area contributed by atoms with Crippen LogP contribution in [0.1, 0.15) is 12.8 Å². The minimum absolute atomic E-state index is 0.0887. The number of carbonyl (C=O) groups is 1. The molecule has 2 aromatic heterocycles. The highest BCUT2D eigenvalue weighted by Gasteiger charge is 2.32. The molecule has 9 heteroatoms. The van der Waals surface area contributed by atoms with Gasteiger partial charge in [-0.25, -0.2) is 13.4 Å². The van der Waals surface area contributed by atoms with Crippen molar-refractivity contribution in [2.45, 2.75) is 17.7 Å². The number of fused-ring (bicyclic) bond motifs is 1. The zero-order chi connectivity index (χ0) is 22.8. The number of pyridine rings is 1. The maximum Gasteiger partial charge on any atom is 0.244 e. The predicted molar refractivity (Wildman–Crippen MR) is 125 cm³/mol. The Hall–Kier alpha value is -3.56. The fourth-order valence-electron chi connectivity index (χ4n) is 4.12. The van der Waals surface area contributed by atoms with Gasteiger partial charge in [-0.05, 0) is 61.4 Å². The zero-order valence-electron chi connectivity index (χ0n) is 17.8. The number of nitrogens with zero attached hydrogens (tertiary/aromatic N) is 4. The van der Waals surface area contributed by atoms with Gasteiger partial charge in [0.05, 0.1) is 11.0 Å². The van der Waals surface area contributed by atoms with Crippen molar-refractivity contribution in [3.63, 3.8) is 0 Å². The first kappa shape index (κ1) is 21.3. The lowest BCUT2D eigenvalue weighted by molar-refractivity contribution is -0.120. The van der Waals surface area contributed by atoms with Gasteiger partial charge < -0.3 is 5.32 Å². The minimum atomic E-state index is -3.58. The van der Waals surface area contributed by atoms with Gasteiger partial charge in [-0.15, -0.1) is 0 Å². The molecular weight excluding hydrogens is 438 g/mol. The highest BCUT2D eigenvalue weighted by Crippen LogP contribution is 2.25. The summed E-state index contributed by atoms with van der Waals surface area (Å²) >= 11 is 0. The van der Waals surface area contributed by atoms with E-state index in [2.05, 4.69) is 15.3 Å². The van der Waals surface area contributed by atoms with Crippen molar-refractivity contribution < 1.29 is 13.2 Å². The third-order valence-corrected chi connectivity index (χ3v) is 7.85. The van der Waals surface area contributed by atoms with Crippen LogP contribution >= 0.6 is 0 Å². The van der Waals surface area contributed by atoms with E-state index >= 15 is 0 Å². The summed E-state index contributed by atoms with van der Waals surface area (Å²) in [6.45, 7) is 0.615. The van der Waals surface area contributed by atoms with E-state index in [-0.39, 0.29) is 16.7 Å². The largest absolute Gasteiger partial charge is 0.326 e. The number of piperidine rings is 1. The molecule has 0 bridgehead atoms. The molecule has 1 aliphatic heterocycles. The zero-order valence-corrected chi connectivity index (χ0v) is 18.6. The molecule has 1 fully saturated rings. The van der Waals surface area contributed by atoms with Crippen LogP contribution in [0.15, 0.2) is 84.3 Å². The van der Waals surface area contributed by atoms with Gasteiger partial charge in [-0.2, -0.15) is 4.31 Å². The molecule has 8 nitrogen and oxygen atoms in total. The van der Waals surface area contributed by atoms with Gasteiger partial charge in [0.25, 0.3) is 0 Å². The highest BCUT2D eigenvalue weighted by atomic mass is 32.2. The number of hydrogen-bond donors (Lipinski definition) is 1. The lowest BCUT2D eigenvalue weighted by Crippen LogP contribution is -2.41. The van der Waals surface area contributed by atoms with E-state index in [9.17, 15) is 13.2 Å². The van der Waals surface area contributed by atoms with Crippen LogP contribution in [0.25, 0.3) is 16.7 Å². The van der Waals surface area contributed by atoms with E-state index < -0.39 is 10.0 Å². The van der Waals surface area contributed by atoms with Crippen molar-refractivity contribution in [2.75, 3.05) is 18.4 Å². The number of para-hydroxylation sites is 2. The number of anilines is 1. The van der Waals surface area contributed by atoms with Gasteiger partial charge in [0.15, 0.2) is 0 Å². The molecule has 0 spiro atoms. The van der Waals surface area contributed by atoms with Gasteiger partial charge >= 0.3 is 0 Å². The maximum atomic E-state index is 12.8. The third kappa shape index (κ3) is 4.24. The molecule has 1 N–H and O–H groups in total. The second-order valence-electron chi connectivity index (χ2n) is 8.01. The van der Waals surface area contributed by atoms with Gasteiger partial charge in [0.1, 0.15) is 11.2 Å². The van der Waals surface area contributed by atoms with Crippen LogP contribution in [0.5, 0.6) is 0 Å². The van der Waals surface area contributed by atoms with Crippen LogP contribution in [0.3, 0.4) is 0 Å². The second-order valence-corrected chi connectivity index (χ2v) is 9.94. The standard InChI is InChI=1S/C24H23N5O3S/c30-24(18-11-14-28(15-12-18)33(31,32)21-4-3-13-25-16-21)27-19-7-9-20(10-8-19)29-17-26-22-5-1-2-6-23(22)29/h1-10,13,16-18H,11-12,14-15H2,(H,27,30). The number of rotatable bonds is 5. The van der Waals surface area contributed by atoms with Crippen LogP contribution < -0.4 is 5.32 Å². The number of carbonyl (C=O) groups excluding carboxylic acids is 1. The van der Waals surface area contributed by atoms with Crippen LogP contribution in [0, 0.1) is 5.92 Å². The summed E-state index contributed by atoms with van der Waals surface area (Å²) in [6.07, 6.45) is 5.63. The topological polar surface area (TPSA) is 97.2 Å². The molecule has 5 rings (SSSR count). The number of hydrogen-bond acceptors (Lipinski definition) is 5. The van der Waals surface area contributed by atoms with Crippen LogP contribution in [-0.2, 0) is 14.8 Å². The Morgan fingerprint density at radius 3 is 2.45 bits per heavy atom. The summed E-state index contributed by atoms with van der Waals surface area (Å²) in [7, 11) is -3.58. The molecule has 2 aromatic carbocycles. The molecule has 33 heavy (non-hydrogen) atoms. The van der Waals surface area contributed by atoms with Gasteiger partial charge in [0.2, 0.25) is 15.9 Å². The molecule has 0 radical (unpaired) electrons. The highest BCUT2D eigenvalue weighted by molar-refractivity contribution is 7.89. The van der Waals surface area contributed by atoms with Gasteiger partial charge in [0, 0.05) is 42.8 Å². The van der Waals surface area contributed by atoms with E-state index in [1.54, 1.807) is 18.6 Å². The average Bonchev–Trinajstić information content (AvgIpc) is 3.29. The molecular formula is C24H23N5O3S. The number of amides is 1. The number of nitrogens with one attached hydrogen (secondary N) is 1.